The van der Waals surface area contributed by atoms with Crippen LogP contribution in [0.4, 0.5) is 5.69 Å². The van der Waals surface area contributed by atoms with Crippen LogP contribution in [0.2, 0.25) is 0 Å². The summed E-state index contributed by atoms with van der Waals surface area (Å²) < 4.78 is 1.61. The zero-order valence-electron chi connectivity index (χ0n) is 12.2. The summed E-state index contributed by atoms with van der Waals surface area (Å²) in [7, 11) is 1.77. The molecule has 0 spiro atoms. The molecule has 1 aromatic heterocycles. The molecule has 0 bridgehead atoms. The molecule has 0 fully saturated rings. The molecule has 0 saturated heterocycles. The quantitative estimate of drug-likeness (QED) is 0.903. The molecule has 0 saturated carbocycles. The van der Waals surface area contributed by atoms with Crippen LogP contribution >= 0.6 is 0 Å². The summed E-state index contributed by atoms with van der Waals surface area (Å²) in [6.07, 6.45) is 2.34. The van der Waals surface area contributed by atoms with E-state index in [4.69, 9.17) is 5.11 Å². The molecule has 6 nitrogen and oxygen atoms in total. The third-order valence-corrected chi connectivity index (χ3v) is 3.21. The van der Waals surface area contributed by atoms with Crippen LogP contribution in [0.25, 0.3) is 0 Å². The number of anilines is 1. The monoisotopic (exact) mass is 287 g/mol. The lowest BCUT2D eigenvalue weighted by Crippen LogP contribution is -2.14. The molecule has 0 unspecified atom stereocenters. The summed E-state index contributed by atoms with van der Waals surface area (Å²) in [6.45, 7) is 3.69. The smallest absolute Gasteiger partial charge is 0.335 e. The van der Waals surface area contributed by atoms with Crippen molar-refractivity contribution in [3.63, 3.8) is 0 Å². The maximum Gasteiger partial charge on any atom is 0.335 e. The van der Waals surface area contributed by atoms with Gasteiger partial charge in [0.1, 0.15) is 0 Å². The van der Waals surface area contributed by atoms with Gasteiger partial charge in [0.2, 0.25) is 0 Å². The lowest BCUT2D eigenvalue weighted by atomic mass is 10.1. The van der Waals surface area contributed by atoms with Crippen molar-refractivity contribution in [1.82, 2.24) is 9.78 Å². The Morgan fingerprint density at radius 1 is 1.38 bits per heavy atom. The molecular formula is C15H17N3O3. The summed E-state index contributed by atoms with van der Waals surface area (Å²) in [5.74, 6) is -1.23. The maximum absolute atomic E-state index is 12.3. The van der Waals surface area contributed by atoms with Gasteiger partial charge in [0, 0.05) is 18.9 Å². The number of amides is 1. The zero-order valence-corrected chi connectivity index (χ0v) is 12.2. The average Bonchev–Trinajstić information content (AvgIpc) is 2.82. The molecule has 2 aromatic rings. The van der Waals surface area contributed by atoms with Crippen LogP contribution in [-0.2, 0) is 13.5 Å². The summed E-state index contributed by atoms with van der Waals surface area (Å²) in [4.78, 5) is 23.2. The predicted octanol–water partition coefficient (Wildman–Crippen LogP) is 2.24. The number of carboxylic acids is 1. The number of rotatable bonds is 4. The second-order valence-electron chi connectivity index (χ2n) is 4.81. The van der Waals surface area contributed by atoms with Crippen molar-refractivity contribution in [2.45, 2.75) is 20.3 Å². The Bertz CT molecular complexity index is 704. The number of aromatic nitrogens is 2. The van der Waals surface area contributed by atoms with E-state index in [9.17, 15) is 9.59 Å². The summed E-state index contributed by atoms with van der Waals surface area (Å²) in [5.41, 5.74) is 2.75. The van der Waals surface area contributed by atoms with Gasteiger partial charge in [-0.25, -0.2) is 4.79 Å². The van der Waals surface area contributed by atoms with Crippen molar-refractivity contribution in [1.29, 1.82) is 0 Å². The first-order valence-corrected chi connectivity index (χ1v) is 6.60. The highest BCUT2D eigenvalue weighted by Gasteiger charge is 2.15. The number of carbonyl (C=O) groups is 2. The van der Waals surface area contributed by atoms with E-state index in [0.29, 0.717) is 23.2 Å². The van der Waals surface area contributed by atoms with E-state index in [1.165, 1.54) is 12.1 Å². The van der Waals surface area contributed by atoms with Gasteiger partial charge in [0.05, 0.1) is 16.8 Å². The highest BCUT2D eigenvalue weighted by molar-refractivity contribution is 6.05. The lowest BCUT2D eigenvalue weighted by molar-refractivity contribution is 0.0696. The fraction of sp³-hybridized carbons (Fsp3) is 0.267. The van der Waals surface area contributed by atoms with Crippen molar-refractivity contribution in [2.24, 2.45) is 7.05 Å². The van der Waals surface area contributed by atoms with Gasteiger partial charge in [-0.2, -0.15) is 5.10 Å². The number of nitrogens with one attached hydrogen (secondary N) is 1. The maximum atomic E-state index is 12.3. The number of carboxylic acid groups (broad SMARTS) is 1. The molecular weight excluding hydrogens is 270 g/mol. The number of hydrogen-bond acceptors (Lipinski definition) is 3. The van der Waals surface area contributed by atoms with Crippen molar-refractivity contribution in [3.8, 4) is 0 Å². The summed E-state index contributed by atoms with van der Waals surface area (Å²) in [5, 5.41) is 16.0. The SMILES string of the molecule is CCc1nn(C)cc1C(=O)Nc1ccc(C(=O)O)cc1C. The number of carbonyl (C=O) groups excluding carboxylic acids is 1. The van der Waals surface area contributed by atoms with Gasteiger partial charge < -0.3 is 10.4 Å². The first-order valence-electron chi connectivity index (χ1n) is 6.60. The van der Waals surface area contributed by atoms with Crippen LogP contribution in [0.3, 0.4) is 0 Å². The van der Waals surface area contributed by atoms with E-state index in [2.05, 4.69) is 10.4 Å². The largest absolute Gasteiger partial charge is 0.478 e. The van der Waals surface area contributed by atoms with Crippen LogP contribution in [0.5, 0.6) is 0 Å². The normalized spacial score (nSPS) is 10.4. The van der Waals surface area contributed by atoms with E-state index in [1.807, 2.05) is 6.92 Å². The molecule has 21 heavy (non-hydrogen) atoms. The van der Waals surface area contributed by atoms with Crippen LogP contribution in [0.15, 0.2) is 24.4 Å². The number of nitrogens with zero attached hydrogens (tertiary/aromatic N) is 2. The number of hydrogen-bond donors (Lipinski definition) is 2. The Balaban J connectivity index is 2.25. The van der Waals surface area contributed by atoms with Crippen LogP contribution in [-0.4, -0.2) is 26.8 Å². The van der Waals surface area contributed by atoms with Gasteiger partial charge in [-0.3, -0.25) is 9.48 Å². The van der Waals surface area contributed by atoms with E-state index in [0.717, 1.165) is 5.69 Å². The second kappa shape index (κ2) is 5.78. The van der Waals surface area contributed by atoms with E-state index in [1.54, 1.807) is 30.9 Å². The van der Waals surface area contributed by atoms with Crippen LogP contribution in [0, 0.1) is 6.92 Å². The minimum atomic E-state index is -0.989. The van der Waals surface area contributed by atoms with Gasteiger partial charge in [0.15, 0.2) is 0 Å². The Morgan fingerprint density at radius 2 is 2.10 bits per heavy atom. The molecule has 0 atom stereocenters. The molecule has 1 heterocycles. The Kier molecular flexibility index (Phi) is 4.07. The zero-order chi connectivity index (χ0) is 15.6. The lowest BCUT2D eigenvalue weighted by Gasteiger charge is -2.09. The van der Waals surface area contributed by atoms with E-state index >= 15 is 0 Å². The first kappa shape index (κ1) is 14.8. The number of aromatic carboxylic acids is 1. The Labute approximate surface area is 122 Å². The van der Waals surface area contributed by atoms with Crippen molar-refractivity contribution in [3.05, 3.63) is 46.8 Å². The number of aryl methyl sites for hydroxylation is 3. The van der Waals surface area contributed by atoms with Crippen molar-refractivity contribution >= 4 is 17.6 Å². The van der Waals surface area contributed by atoms with Crippen molar-refractivity contribution in [2.75, 3.05) is 5.32 Å². The van der Waals surface area contributed by atoms with Gasteiger partial charge in [-0.05, 0) is 37.1 Å². The molecule has 0 radical (unpaired) electrons. The first-order chi connectivity index (χ1) is 9.92. The van der Waals surface area contributed by atoms with E-state index in [-0.39, 0.29) is 11.5 Å². The third-order valence-electron chi connectivity index (χ3n) is 3.21. The van der Waals surface area contributed by atoms with Crippen LogP contribution < -0.4 is 5.32 Å². The summed E-state index contributed by atoms with van der Waals surface area (Å²) >= 11 is 0. The standard InChI is InChI=1S/C15H17N3O3/c1-4-12-11(8-18(3)17-12)14(19)16-13-6-5-10(15(20)21)7-9(13)2/h5-8H,4H2,1-3H3,(H,16,19)(H,20,21). The molecule has 0 aliphatic carbocycles. The average molecular weight is 287 g/mol. The Hall–Kier alpha value is -2.63. The van der Waals surface area contributed by atoms with Gasteiger partial charge in [-0.1, -0.05) is 6.92 Å². The highest BCUT2D eigenvalue weighted by Crippen LogP contribution is 2.18. The second-order valence-corrected chi connectivity index (χ2v) is 4.81. The summed E-state index contributed by atoms with van der Waals surface area (Å²) in [6, 6.07) is 4.59. The van der Waals surface area contributed by atoms with E-state index < -0.39 is 5.97 Å². The molecule has 1 aromatic carbocycles. The van der Waals surface area contributed by atoms with Gasteiger partial charge in [-0.15, -0.1) is 0 Å². The minimum Gasteiger partial charge on any atom is -0.478 e. The van der Waals surface area contributed by atoms with Gasteiger partial charge in [0.25, 0.3) is 5.91 Å². The molecule has 2 rings (SSSR count). The Morgan fingerprint density at radius 3 is 2.67 bits per heavy atom. The third kappa shape index (κ3) is 3.10. The molecule has 0 aliphatic rings. The van der Waals surface area contributed by atoms with Gasteiger partial charge >= 0.3 is 5.97 Å². The van der Waals surface area contributed by atoms with Crippen LogP contribution in [0.1, 0.15) is 38.9 Å². The highest BCUT2D eigenvalue weighted by atomic mass is 16.4. The molecule has 1 amide bonds. The fourth-order valence-electron chi connectivity index (χ4n) is 2.11. The molecule has 6 heteroatoms. The fourth-order valence-corrected chi connectivity index (χ4v) is 2.11. The minimum absolute atomic E-state index is 0.195. The molecule has 0 aliphatic heterocycles. The number of benzene rings is 1. The predicted molar refractivity (Wildman–Crippen MR) is 78.7 cm³/mol. The topological polar surface area (TPSA) is 84.2 Å². The molecule has 2 N–H and O–H groups in total. The van der Waals surface area contributed by atoms with Crippen molar-refractivity contribution < 1.29 is 14.7 Å². The molecule has 110 valence electrons.